The molecule has 0 aromatic carbocycles. The van der Waals surface area contributed by atoms with Crippen LogP contribution in [-0.4, -0.2) is 24.7 Å². The van der Waals surface area contributed by atoms with Crippen LogP contribution in [0.2, 0.25) is 0 Å². The van der Waals surface area contributed by atoms with E-state index in [9.17, 15) is 0 Å². The van der Waals surface area contributed by atoms with Crippen molar-refractivity contribution in [2.75, 3.05) is 13.7 Å². The van der Waals surface area contributed by atoms with Crippen molar-refractivity contribution >= 4 is 0 Å². The van der Waals surface area contributed by atoms with E-state index in [1.165, 1.54) is 24.8 Å². The summed E-state index contributed by atoms with van der Waals surface area (Å²) >= 11 is 0. The van der Waals surface area contributed by atoms with Crippen LogP contribution >= 0.6 is 0 Å². The number of nitrogens with zero attached hydrogens (tertiary/aromatic N) is 1. The number of aromatic nitrogens is 1. The molecule has 0 bridgehead atoms. The zero-order chi connectivity index (χ0) is 12.1. The predicted octanol–water partition coefficient (Wildman–Crippen LogP) is 2.41. The molecule has 0 spiro atoms. The Morgan fingerprint density at radius 3 is 2.76 bits per heavy atom. The first-order valence-corrected chi connectivity index (χ1v) is 6.55. The molecule has 3 nitrogen and oxygen atoms in total. The second kappa shape index (κ2) is 6.01. The minimum Gasteiger partial charge on any atom is -0.481 e. The molecule has 0 radical (unpaired) electrons. The fourth-order valence-electron chi connectivity index (χ4n) is 2.42. The second-order valence-electron chi connectivity index (χ2n) is 4.77. The maximum Gasteiger partial charge on any atom is 0.212 e. The average molecular weight is 234 g/mol. The molecule has 1 N–H and O–H groups in total. The van der Waals surface area contributed by atoms with E-state index in [4.69, 9.17) is 4.74 Å². The minimum absolute atomic E-state index is 0.615. The van der Waals surface area contributed by atoms with Crippen LogP contribution in [0.4, 0.5) is 0 Å². The van der Waals surface area contributed by atoms with E-state index in [1.54, 1.807) is 7.11 Å². The summed E-state index contributed by atoms with van der Waals surface area (Å²) in [4.78, 5) is 4.26. The van der Waals surface area contributed by atoms with Gasteiger partial charge in [0.25, 0.3) is 0 Å². The number of hydrogen-bond acceptors (Lipinski definition) is 3. The molecule has 1 aromatic heterocycles. The van der Waals surface area contributed by atoms with Gasteiger partial charge in [-0.3, -0.25) is 0 Å². The van der Waals surface area contributed by atoms with Crippen LogP contribution in [0.1, 0.15) is 31.7 Å². The molecule has 0 aliphatic heterocycles. The molecule has 94 valence electrons. The monoisotopic (exact) mass is 234 g/mol. The van der Waals surface area contributed by atoms with E-state index in [1.807, 2.05) is 12.3 Å². The molecule has 0 saturated heterocycles. The fraction of sp³-hybridized carbons (Fsp3) is 0.643. The number of rotatable bonds is 6. The fourth-order valence-corrected chi connectivity index (χ4v) is 2.42. The first-order chi connectivity index (χ1) is 8.33. The molecular formula is C14H22N2O. The molecule has 1 saturated carbocycles. The summed E-state index contributed by atoms with van der Waals surface area (Å²) in [7, 11) is 1.65. The van der Waals surface area contributed by atoms with Gasteiger partial charge in [0, 0.05) is 18.3 Å². The first kappa shape index (κ1) is 12.4. The van der Waals surface area contributed by atoms with Crippen molar-refractivity contribution in [3.05, 3.63) is 23.9 Å². The van der Waals surface area contributed by atoms with Crippen LogP contribution in [0.15, 0.2) is 18.3 Å². The van der Waals surface area contributed by atoms with Crippen molar-refractivity contribution in [1.29, 1.82) is 0 Å². The third-order valence-electron chi connectivity index (χ3n) is 3.65. The first-order valence-electron chi connectivity index (χ1n) is 6.55. The third kappa shape index (κ3) is 3.19. The van der Waals surface area contributed by atoms with Gasteiger partial charge in [-0.2, -0.15) is 0 Å². The summed E-state index contributed by atoms with van der Waals surface area (Å²) in [6.07, 6.45) is 7.16. The number of methoxy groups -OCH3 is 1. The molecule has 1 aliphatic carbocycles. The molecule has 2 rings (SSSR count). The molecule has 1 aliphatic rings. The molecule has 1 aromatic rings. The highest BCUT2D eigenvalue weighted by Crippen LogP contribution is 2.31. The summed E-state index contributed by atoms with van der Waals surface area (Å²) in [5, 5.41) is 3.60. The Balaban J connectivity index is 1.95. The molecule has 1 atom stereocenters. The molecule has 3 heteroatoms. The number of pyridine rings is 1. The van der Waals surface area contributed by atoms with Crippen molar-refractivity contribution in [3.63, 3.8) is 0 Å². The van der Waals surface area contributed by atoms with Gasteiger partial charge in [0.05, 0.1) is 7.11 Å². The summed E-state index contributed by atoms with van der Waals surface area (Å²) in [6.45, 7) is 3.22. The third-order valence-corrected chi connectivity index (χ3v) is 3.65. The highest BCUT2D eigenvalue weighted by Gasteiger charge is 2.26. The van der Waals surface area contributed by atoms with Crippen LogP contribution < -0.4 is 10.1 Å². The van der Waals surface area contributed by atoms with Crippen molar-refractivity contribution < 1.29 is 4.74 Å². The summed E-state index contributed by atoms with van der Waals surface area (Å²) in [6, 6.07) is 4.68. The molecule has 17 heavy (non-hydrogen) atoms. The molecule has 1 heterocycles. The van der Waals surface area contributed by atoms with Gasteiger partial charge in [-0.05, 0) is 37.3 Å². The lowest BCUT2D eigenvalue weighted by Crippen LogP contribution is -2.41. The number of likely N-dealkylation sites (N-methyl/N-ethyl adjacent to an activating group) is 1. The van der Waals surface area contributed by atoms with Crippen LogP contribution in [-0.2, 0) is 6.42 Å². The van der Waals surface area contributed by atoms with Gasteiger partial charge in [-0.25, -0.2) is 4.98 Å². The SMILES string of the molecule is CCNC(Cc1ccc(OC)nc1)C1CCC1. The Kier molecular flexibility index (Phi) is 4.37. The minimum atomic E-state index is 0.615. The van der Waals surface area contributed by atoms with Gasteiger partial charge in [-0.15, -0.1) is 0 Å². The molecule has 1 fully saturated rings. The van der Waals surface area contributed by atoms with Crippen molar-refractivity contribution in [3.8, 4) is 5.88 Å². The Bertz CT molecular complexity index is 333. The normalized spacial score (nSPS) is 17.5. The van der Waals surface area contributed by atoms with Gasteiger partial charge in [-0.1, -0.05) is 19.4 Å². The zero-order valence-electron chi connectivity index (χ0n) is 10.8. The lowest BCUT2D eigenvalue weighted by atomic mass is 9.78. The average Bonchev–Trinajstić information content (AvgIpc) is 2.28. The van der Waals surface area contributed by atoms with Gasteiger partial charge in [0.15, 0.2) is 0 Å². The number of hydrogen-bond donors (Lipinski definition) is 1. The van der Waals surface area contributed by atoms with Crippen molar-refractivity contribution in [2.24, 2.45) is 5.92 Å². The van der Waals surface area contributed by atoms with E-state index < -0.39 is 0 Å². The van der Waals surface area contributed by atoms with Gasteiger partial charge >= 0.3 is 0 Å². The van der Waals surface area contributed by atoms with E-state index in [-0.39, 0.29) is 0 Å². The highest BCUT2D eigenvalue weighted by atomic mass is 16.5. The Morgan fingerprint density at radius 2 is 2.29 bits per heavy atom. The Morgan fingerprint density at radius 1 is 1.47 bits per heavy atom. The van der Waals surface area contributed by atoms with E-state index in [0.717, 1.165) is 18.9 Å². The maximum absolute atomic E-state index is 5.07. The summed E-state index contributed by atoms with van der Waals surface area (Å²) in [5.74, 6) is 1.55. The standard InChI is InChI=1S/C14H22N2O/c1-3-15-13(12-5-4-6-12)9-11-7-8-14(17-2)16-10-11/h7-8,10,12-13,15H,3-6,9H2,1-2H3. The number of nitrogens with one attached hydrogen (secondary N) is 1. The van der Waals surface area contributed by atoms with Crippen LogP contribution in [0.3, 0.4) is 0 Å². The van der Waals surface area contributed by atoms with Crippen LogP contribution in [0, 0.1) is 5.92 Å². The quantitative estimate of drug-likeness (QED) is 0.820. The van der Waals surface area contributed by atoms with Crippen LogP contribution in [0.25, 0.3) is 0 Å². The van der Waals surface area contributed by atoms with Crippen molar-refractivity contribution in [2.45, 2.75) is 38.6 Å². The Labute approximate surface area is 104 Å². The lowest BCUT2D eigenvalue weighted by Gasteiger charge is -2.34. The van der Waals surface area contributed by atoms with E-state index in [2.05, 4.69) is 23.3 Å². The predicted molar refractivity (Wildman–Crippen MR) is 69.3 cm³/mol. The highest BCUT2D eigenvalue weighted by molar-refractivity contribution is 5.19. The van der Waals surface area contributed by atoms with Gasteiger partial charge < -0.3 is 10.1 Å². The summed E-state index contributed by atoms with van der Waals surface area (Å²) < 4.78 is 5.07. The lowest BCUT2D eigenvalue weighted by molar-refractivity contribution is 0.229. The topological polar surface area (TPSA) is 34.1 Å². The van der Waals surface area contributed by atoms with Gasteiger partial charge in [0.2, 0.25) is 5.88 Å². The zero-order valence-corrected chi connectivity index (χ0v) is 10.8. The number of ether oxygens (including phenoxy) is 1. The molecule has 1 unspecified atom stereocenters. The summed E-state index contributed by atoms with van der Waals surface area (Å²) in [5.41, 5.74) is 1.30. The van der Waals surface area contributed by atoms with Crippen LogP contribution in [0.5, 0.6) is 5.88 Å². The van der Waals surface area contributed by atoms with Gasteiger partial charge in [0.1, 0.15) is 0 Å². The largest absolute Gasteiger partial charge is 0.481 e. The smallest absolute Gasteiger partial charge is 0.212 e. The maximum atomic E-state index is 5.07. The van der Waals surface area contributed by atoms with E-state index in [0.29, 0.717) is 11.9 Å². The second-order valence-corrected chi connectivity index (χ2v) is 4.77. The molecule has 0 amide bonds. The molecular weight excluding hydrogens is 212 g/mol. The van der Waals surface area contributed by atoms with E-state index >= 15 is 0 Å². The van der Waals surface area contributed by atoms with Crippen molar-refractivity contribution in [1.82, 2.24) is 10.3 Å². The Hall–Kier alpha value is -1.09.